The summed E-state index contributed by atoms with van der Waals surface area (Å²) in [6.07, 6.45) is 2.92. The zero-order valence-electron chi connectivity index (χ0n) is 10.7. The fourth-order valence-corrected chi connectivity index (χ4v) is 1.47. The van der Waals surface area contributed by atoms with Crippen LogP contribution in [0.1, 0.15) is 27.7 Å². The molecule has 0 aromatic carbocycles. The molecule has 2 aromatic rings. The normalized spacial score (nSPS) is 11.3. The average Bonchev–Trinajstić information content (AvgIpc) is 2.89. The quantitative estimate of drug-likeness (QED) is 0.321. The zero-order valence-corrected chi connectivity index (χ0v) is 10.7. The van der Waals surface area contributed by atoms with Crippen molar-refractivity contribution in [1.82, 2.24) is 15.3 Å². The van der Waals surface area contributed by atoms with Crippen LogP contribution in [0.4, 0.5) is 0 Å². The Morgan fingerprint density at radius 3 is 2.80 bits per heavy atom. The number of rotatable bonds is 4. The van der Waals surface area contributed by atoms with E-state index in [4.69, 9.17) is 15.4 Å². The molecule has 104 valence electrons. The molecule has 0 unspecified atom stereocenters. The van der Waals surface area contributed by atoms with Gasteiger partial charge in [-0.05, 0) is 19.1 Å². The summed E-state index contributed by atoms with van der Waals surface area (Å²) < 4.78 is 5.23. The van der Waals surface area contributed by atoms with Gasteiger partial charge in [-0.3, -0.25) is 9.78 Å². The van der Waals surface area contributed by atoms with Gasteiger partial charge in [-0.1, -0.05) is 5.16 Å². The molecule has 4 N–H and O–H groups in total. The molecule has 2 heterocycles. The van der Waals surface area contributed by atoms with E-state index in [1.165, 1.54) is 18.3 Å². The van der Waals surface area contributed by atoms with Gasteiger partial charge in [0.15, 0.2) is 5.84 Å². The van der Waals surface area contributed by atoms with Crippen LogP contribution in [0.2, 0.25) is 0 Å². The molecule has 0 saturated heterocycles. The van der Waals surface area contributed by atoms with E-state index in [0.717, 1.165) is 0 Å². The Balaban J connectivity index is 1.99. The highest BCUT2D eigenvalue weighted by Crippen LogP contribution is 2.03. The molecule has 0 aliphatic heterocycles. The Morgan fingerprint density at radius 1 is 1.45 bits per heavy atom. The summed E-state index contributed by atoms with van der Waals surface area (Å²) in [5.74, 6) is 0.659. The van der Waals surface area contributed by atoms with Crippen molar-refractivity contribution < 1.29 is 14.4 Å². The van der Waals surface area contributed by atoms with Gasteiger partial charge in [-0.15, -0.1) is 0 Å². The van der Waals surface area contributed by atoms with E-state index in [0.29, 0.717) is 17.2 Å². The molecule has 0 fully saturated rings. The fraction of sp³-hybridized carbons (Fsp3) is 0.167. The number of amidine groups is 1. The third-order valence-electron chi connectivity index (χ3n) is 2.47. The number of oxime groups is 1. The van der Waals surface area contributed by atoms with Crippen LogP contribution < -0.4 is 11.1 Å². The van der Waals surface area contributed by atoms with Crippen LogP contribution in [0, 0.1) is 6.92 Å². The summed E-state index contributed by atoms with van der Waals surface area (Å²) >= 11 is 0. The maximum absolute atomic E-state index is 11.8. The number of aromatic nitrogens is 2. The van der Waals surface area contributed by atoms with E-state index >= 15 is 0 Å². The van der Waals surface area contributed by atoms with Crippen LogP contribution in [-0.2, 0) is 6.54 Å². The molecule has 8 heteroatoms. The molecule has 0 spiro atoms. The van der Waals surface area contributed by atoms with Crippen molar-refractivity contribution >= 4 is 11.7 Å². The number of nitrogens with one attached hydrogen (secondary N) is 1. The Hall–Kier alpha value is -2.90. The number of hydrogen-bond acceptors (Lipinski definition) is 6. The summed E-state index contributed by atoms with van der Waals surface area (Å²) in [6, 6.07) is 3.01. The smallest absolute Gasteiger partial charge is 0.270 e. The second kappa shape index (κ2) is 5.83. The number of nitrogens with zero attached hydrogens (tertiary/aromatic N) is 3. The Bertz CT molecular complexity index is 633. The van der Waals surface area contributed by atoms with Crippen molar-refractivity contribution in [1.29, 1.82) is 0 Å². The molecule has 20 heavy (non-hydrogen) atoms. The molecule has 0 atom stereocenters. The van der Waals surface area contributed by atoms with Crippen LogP contribution in [-0.4, -0.2) is 26.9 Å². The molecule has 0 radical (unpaired) electrons. The van der Waals surface area contributed by atoms with Gasteiger partial charge in [-0.2, -0.15) is 0 Å². The van der Waals surface area contributed by atoms with E-state index in [1.807, 2.05) is 0 Å². The van der Waals surface area contributed by atoms with Crippen molar-refractivity contribution in [2.75, 3.05) is 0 Å². The van der Waals surface area contributed by atoms with Gasteiger partial charge in [0.2, 0.25) is 5.89 Å². The summed E-state index contributed by atoms with van der Waals surface area (Å²) in [5.41, 5.74) is 6.03. The van der Waals surface area contributed by atoms with Crippen molar-refractivity contribution in [2.45, 2.75) is 13.5 Å². The highest BCUT2D eigenvalue weighted by molar-refractivity contribution is 5.98. The van der Waals surface area contributed by atoms with E-state index in [-0.39, 0.29) is 24.0 Å². The highest BCUT2D eigenvalue weighted by atomic mass is 16.4. The number of oxazole rings is 1. The number of carbonyl (C=O) groups excluding carboxylic acids is 1. The number of carbonyl (C=O) groups is 1. The minimum absolute atomic E-state index is 0.0697. The molecule has 2 rings (SSSR count). The average molecular weight is 275 g/mol. The van der Waals surface area contributed by atoms with Crippen LogP contribution in [0.25, 0.3) is 0 Å². The lowest BCUT2D eigenvalue weighted by molar-refractivity contribution is 0.0942. The Kier molecular flexibility index (Phi) is 3.94. The van der Waals surface area contributed by atoms with E-state index in [1.54, 1.807) is 13.1 Å². The third-order valence-corrected chi connectivity index (χ3v) is 2.47. The van der Waals surface area contributed by atoms with Crippen LogP contribution in [0.5, 0.6) is 0 Å². The van der Waals surface area contributed by atoms with Gasteiger partial charge in [0.1, 0.15) is 11.5 Å². The van der Waals surface area contributed by atoms with Crippen molar-refractivity contribution in [3.63, 3.8) is 0 Å². The number of amides is 1. The predicted molar refractivity (Wildman–Crippen MR) is 69.2 cm³/mol. The monoisotopic (exact) mass is 275 g/mol. The maximum Gasteiger partial charge on any atom is 0.270 e. The van der Waals surface area contributed by atoms with Crippen LogP contribution in [0.3, 0.4) is 0 Å². The molecule has 2 aromatic heterocycles. The Labute approximate surface area is 114 Å². The number of nitrogens with two attached hydrogens (primary N) is 1. The van der Waals surface area contributed by atoms with E-state index in [9.17, 15) is 4.79 Å². The van der Waals surface area contributed by atoms with Crippen LogP contribution >= 0.6 is 0 Å². The highest BCUT2D eigenvalue weighted by Gasteiger charge is 2.09. The predicted octanol–water partition coefficient (Wildman–Crippen LogP) is 0.403. The summed E-state index contributed by atoms with van der Waals surface area (Å²) in [4.78, 5) is 19.7. The SMILES string of the molecule is Cc1cnc(CNC(=O)c2ccc(/C(N)=N/O)cn2)o1. The van der Waals surface area contributed by atoms with Gasteiger partial charge >= 0.3 is 0 Å². The lowest BCUT2D eigenvalue weighted by atomic mass is 10.2. The topological polar surface area (TPSA) is 127 Å². The molecule has 0 bridgehead atoms. The minimum Gasteiger partial charge on any atom is -0.444 e. The van der Waals surface area contributed by atoms with Gasteiger partial charge in [0.05, 0.1) is 12.7 Å². The summed E-state index contributed by atoms with van der Waals surface area (Å²) in [6.45, 7) is 1.95. The van der Waals surface area contributed by atoms with Gasteiger partial charge in [0, 0.05) is 11.8 Å². The fourth-order valence-electron chi connectivity index (χ4n) is 1.47. The molecule has 0 aliphatic rings. The first-order chi connectivity index (χ1) is 9.60. The molecule has 0 aliphatic carbocycles. The third kappa shape index (κ3) is 3.10. The number of aryl methyl sites for hydroxylation is 1. The van der Waals surface area contributed by atoms with E-state index < -0.39 is 0 Å². The van der Waals surface area contributed by atoms with Crippen molar-refractivity contribution in [2.24, 2.45) is 10.9 Å². The molecular weight excluding hydrogens is 262 g/mol. The summed E-state index contributed by atoms with van der Waals surface area (Å²) in [5, 5.41) is 14.0. The lowest BCUT2D eigenvalue weighted by Crippen LogP contribution is -2.24. The van der Waals surface area contributed by atoms with Crippen molar-refractivity contribution in [3.8, 4) is 0 Å². The molecule has 1 amide bonds. The first-order valence-corrected chi connectivity index (χ1v) is 5.73. The molecular formula is C12H13N5O3. The first-order valence-electron chi connectivity index (χ1n) is 5.73. The second-order valence-corrected chi connectivity index (χ2v) is 3.96. The molecule has 8 nitrogen and oxygen atoms in total. The van der Waals surface area contributed by atoms with Gasteiger partial charge in [-0.25, -0.2) is 4.98 Å². The lowest BCUT2D eigenvalue weighted by Gasteiger charge is -2.03. The standard InChI is InChI=1S/C12H13N5O3/c1-7-4-15-10(20-7)6-16-12(18)9-3-2-8(5-14-9)11(13)17-19/h2-5,19H,6H2,1H3,(H2,13,17)(H,16,18). The second-order valence-electron chi connectivity index (χ2n) is 3.96. The number of hydrogen-bond donors (Lipinski definition) is 3. The zero-order chi connectivity index (χ0) is 14.5. The molecule has 0 saturated carbocycles. The van der Waals surface area contributed by atoms with E-state index in [2.05, 4.69) is 20.4 Å². The van der Waals surface area contributed by atoms with Crippen LogP contribution in [0.15, 0.2) is 34.1 Å². The summed E-state index contributed by atoms with van der Waals surface area (Å²) in [7, 11) is 0. The maximum atomic E-state index is 11.8. The van der Waals surface area contributed by atoms with Gasteiger partial charge < -0.3 is 20.7 Å². The van der Waals surface area contributed by atoms with Crippen molar-refractivity contribution in [3.05, 3.63) is 47.4 Å². The largest absolute Gasteiger partial charge is 0.444 e. The van der Waals surface area contributed by atoms with Gasteiger partial charge in [0.25, 0.3) is 5.91 Å². The Morgan fingerprint density at radius 2 is 2.25 bits per heavy atom. The number of pyridine rings is 1. The minimum atomic E-state index is -0.369. The first kappa shape index (κ1) is 13.5.